The molecule has 1 aromatic carbocycles. The number of hydrogen-bond donors (Lipinski definition) is 2. The first kappa shape index (κ1) is 22.2. The van der Waals surface area contributed by atoms with E-state index in [2.05, 4.69) is 87.8 Å². The normalized spacial score (nSPS) is 15.1. The van der Waals surface area contributed by atoms with E-state index in [1.165, 1.54) is 5.69 Å². The number of piperazine rings is 1. The Labute approximate surface area is 200 Å². The molecule has 0 radical (unpaired) electrons. The molecule has 1 aliphatic heterocycles. The third-order valence-corrected chi connectivity index (χ3v) is 6.29. The fourth-order valence-corrected chi connectivity index (χ4v) is 4.35. The molecule has 3 N–H and O–H groups in total. The van der Waals surface area contributed by atoms with Crippen LogP contribution in [-0.2, 0) is 5.41 Å². The van der Waals surface area contributed by atoms with Crippen molar-refractivity contribution in [2.45, 2.75) is 26.2 Å². The van der Waals surface area contributed by atoms with Crippen LogP contribution in [0, 0.1) is 0 Å². The first-order chi connectivity index (χ1) is 16.3. The quantitative estimate of drug-likeness (QED) is 0.476. The lowest BCUT2D eigenvalue weighted by Gasteiger charge is -2.34. The number of nitrogen functional groups attached to an aromatic ring is 1. The zero-order chi connectivity index (χ0) is 23.9. The van der Waals surface area contributed by atoms with Crippen LogP contribution in [0.15, 0.2) is 54.7 Å². The second-order valence-corrected chi connectivity index (χ2v) is 9.97. The van der Waals surface area contributed by atoms with Crippen LogP contribution in [0.4, 0.5) is 23.1 Å². The highest BCUT2D eigenvalue weighted by molar-refractivity contribution is 5.80. The molecule has 0 bridgehead atoms. The summed E-state index contributed by atoms with van der Waals surface area (Å²) >= 11 is 0. The summed E-state index contributed by atoms with van der Waals surface area (Å²) in [6, 6.07) is 16.3. The standard InChI is InChI=1S/C26H32N8/c1-26(2,3)21-16-18-17-28-25(31-24(18)34(21)23-7-5-6-22(27)30-23)29-19-8-10-20(11-9-19)33-14-12-32(4)13-15-33/h5-11,16-17H,12-15H2,1-4H3,(H2,27,30)(H,28,29,31). The largest absolute Gasteiger partial charge is 0.384 e. The molecule has 0 unspecified atom stereocenters. The highest BCUT2D eigenvalue weighted by atomic mass is 15.2. The lowest BCUT2D eigenvalue weighted by atomic mass is 9.92. The summed E-state index contributed by atoms with van der Waals surface area (Å²) in [4.78, 5) is 18.8. The van der Waals surface area contributed by atoms with Crippen LogP contribution in [0.2, 0.25) is 0 Å². The second kappa shape index (κ2) is 8.61. The summed E-state index contributed by atoms with van der Waals surface area (Å²) < 4.78 is 2.08. The van der Waals surface area contributed by atoms with E-state index in [1.54, 1.807) is 6.07 Å². The van der Waals surface area contributed by atoms with Gasteiger partial charge >= 0.3 is 0 Å². The molecule has 1 aliphatic rings. The summed E-state index contributed by atoms with van der Waals surface area (Å²) in [5.74, 6) is 1.77. The minimum Gasteiger partial charge on any atom is -0.384 e. The first-order valence-electron chi connectivity index (χ1n) is 11.7. The number of anilines is 4. The van der Waals surface area contributed by atoms with Gasteiger partial charge in [0.05, 0.1) is 0 Å². The lowest BCUT2D eigenvalue weighted by Crippen LogP contribution is -2.44. The highest BCUT2D eigenvalue weighted by Crippen LogP contribution is 2.32. The van der Waals surface area contributed by atoms with Crippen LogP contribution >= 0.6 is 0 Å². The van der Waals surface area contributed by atoms with E-state index >= 15 is 0 Å². The summed E-state index contributed by atoms with van der Waals surface area (Å²) in [7, 11) is 2.17. The molecule has 176 valence electrons. The van der Waals surface area contributed by atoms with Gasteiger partial charge in [0, 0.05) is 60.2 Å². The molecule has 1 fully saturated rings. The number of likely N-dealkylation sites (N-methyl/N-ethyl adjacent to an activating group) is 1. The fourth-order valence-electron chi connectivity index (χ4n) is 4.35. The molecule has 8 nitrogen and oxygen atoms in total. The number of nitrogens with zero attached hydrogens (tertiary/aromatic N) is 6. The number of rotatable bonds is 4. The van der Waals surface area contributed by atoms with Gasteiger partial charge in [-0.1, -0.05) is 26.8 Å². The number of hydrogen-bond acceptors (Lipinski definition) is 7. The van der Waals surface area contributed by atoms with Crippen molar-refractivity contribution < 1.29 is 0 Å². The Morgan fingerprint density at radius 1 is 0.941 bits per heavy atom. The molecule has 0 spiro atoms. The van der Waals surface area contributed by atoms with Crippen LogP contribution in [-0.4, -0.2) is 57.6 Å². The maximum absolute atomic E-state index is 6.00. The SMILES string of the molecule is CN1CCN(c2ccc(Nc3ncc4cc(C(C)(C)C)n(-c5cccc(N)n5)c4n3)cc2)CC1. The van der Waals surface area contributed by atoms with Crippen molar-refractivity contribution in [3.05, 3.63) is 60.4 Å². The van der Waals surface area contributed by atoms with Crippen LogP contribution in [0.25, 0.3) is 16.9 Å². The van der Waals surface area contributed by atoms with E-state index in [4.69, 9.17) is 10.7 Å². The van der Waals surface area contributed by atoms with Gasteiger partial charge < -0.3 is 20.9 Å². The van der Waals surface area contributed by atoms with Gasteiger partial charge in [0.2, 0.25) is 5.95 Å². The number of nitrogens with two attached hydrogens (primary N) is 1. The molecule has 34 heavy (non-hydrogen) atoms. The van der Waals surface area contributed by atoms with Gasteiger partial charge in [-0.25, -0.2) is 9.97 Å². The molecule has 1 saturated heterocycles. The van der Waals surface area contributed by atoms with Crippen molar-refractivity contribution in [2.75, 3.05) is 49.2 Å². The average molecular weight is 457 g/mol. The smallest absolute Gasteiger partial charge is 0.229 e. The van der Waals surface area contributed by atoms with Gasteiger partial charge in [-0.2, -0.15) is 4.98 Å². The van der Waals surface area contributed by atoms with Crippen molar-refractivity contribution in [3.63, 3.8) is 0 Å². The predicted octanol–water partition coefficient (Wildman–Crippen LogP) is 4.19. The molecule has 4 heterocycles. The van der Waals surface area contributed by atoms with Gasteiger partial charge in [-0.15, -0.1) is 0 Å². The average Bonchev–Trinajstić information content (AvgIpc) is 3.20. The van der Waals surface area contributed by atoms with E-state index in [0.717, 1.165) is 54.4 Å². The Kier molecular flexibility index (Phi) is 5.61. The molecule has 0 atom stereocenters. The number of benzene rings is 1. The topological polar surface area (TPSA) is 88.1 Å². The van der Waals surface area contributed by atoms with Crippen LogP contribution < -0.4 is 16.0 Å². The molecule has 0 saturated carbocycles. The van der Waals surface area contributed by atoms with E-state index < -0.39 is 0 Å². The molecular weight excluding hydrogens is 424 g/mol. The summed E-state index contributed by atoms with van der Waals surface area (Å²) in [6.07, 6.45) is 1.86. The minimum atomic E-state index is -0.111. The van der Waals surface area contributed by atoms with Gasteiger partial charge in [0.25, 0.3) is 0 Å². The summed E-state index contributed by atoms with van der Waals surface area (Å²) in [5.41, 5.74) is 9.98. The van der Waals surface area contributed by atoms with Gasteiger partial charge in [0.15, 0.2) is 5.65 Å². The predicted molar refractivity (Wildman–Crippen MR) is 139 cm³/mol. The van der Waals surface area contributed by atoms with Gasteiger partial charge in [-0.05, 0) is 49.5 Å². The number of nitrogens with one attached hydrogen (secondary N) is 1. The molecule has 4 aromatic rings. The Balaban J connectivity index is 1.46. The van der Waals surface area contributed by atoms with Crippen LogP contribution in [0.5, 0.6) is 0 Å². The lowest BCUT2D eigenvalue weighted by molar-refractivity contribution is 0.313. The molecule has 0 amide bonds. The molecule has 0 aliphatic carbocycles. The molecule has 8 heteroatoms. The van der Waals surface area contributed by atoms with Gasteiger partial charge in [0.1, 0.15) is 11.6 Å². The minimum absolute atomic E-state index is 0.111. The molecule has 5 rings (SSSR count). The van der Waals surface area contributed by atoms with E-state index in [1.807, 2.05) is 18.3 Å². The van der Waals surface area contributed by atoms with E-state index in [9.17, 15) is 0 Å². The van der Waals surface area contributed by atoms with Crippen LogP contribution in [0.1, 0.15) is 26.5 Å². The van der Waals surface area contributed by atoms with Crippen molar-refractivity contribution >= 4 is 34.2 Å². The third kappa shape index (κ3) is 4.41. The van der Waals surface area contributed by atoms with Gasteiger partial charge in [-0.3, -0.25) is 4.57 Å². The zero-order valence-electron chi connectivity index (χ0n) is 20.3. The van der Waals surface area contributed by atoms with Crippen molar-refractivity contribution in [2.24, 2.45) is 0 Å². The monoisotopic (exact) mass is 456 g/mol. The summed E-state index contributed by atoms with van der Waals surface area (Å²) in [5, 5.41) is 4.33. The maximum atomic E-state index is 6.00. The highest BCUT2D eigenvalue weighted by Gasteiger charge is 2.24. The van der Waals surface area contributed by atoms with Crippen molar-refractivity contribution in [3.8, 4) is 5.82 Å². The molecule has 3 aromatic heterocycles. The first-order valence-corrected chi connectivity index (χ1v) is 11.7. The van der Waals surface area contributed by atoms with E-state index in [-0.39, 0.29) is 5.41 Å². The fraction of sp³-hybridized carbons (Fsp3) is 0.346. The van der Waals surface area contributed by atoms with Crippen LogP contribution in [0.3, 0.4) is 0 Å². The second-order valence-electron chi connectivity index (χ2n) is 9.97. The summed E-state index contributed by atoms with van der Waals surface area (Å²) in [6.45, 7) is 10.8. The number of fused-ring (bicyclic) bond motifs is 1. The maximum Gasteiger partial charge on any atom is 0.229 e. The third-order valence-electron chi connectivity index (χ3n) is 6.29. The number of aromatic nitrogens is 4. The number of pyridine rings is 1. The van der Waals surface area contributed by atoms with E-state index in [0.29, 0.717) is 11.8 Å². The Hall–Kier alpha value is -3.65. The zero-order valence-corrected chi connectivity index (χ0v) is 20.3. The Morgan fingerprint density at radius 3 is 2.35 bits per heavy atom. The Bertz CT molecular complexity index is 1290. The van der Waals surface area contributed by atoms with Crippen molar-refractivity contribution in [1.82, 2.24) is 24.4 Å². The Morgan fingerprint density at radius 2 is 1.68 bits per heavy atom. The van der Waals surface area contributed by atoms with Crippen molar-refractivity contribution in [1.29, 1.82) is 0 Å². The molecular formula is C26H32N8.